The Balaban J connectivity index is 1.74. The highest BCUT2D eigenvalue weighted by Gasteiger charge is 2.27. The molecule has 0 bridgehead atoms. The molecule has 4 rings (SSSR count). The second-order valence-electron chi connectivity index (χ2n) is 5.01. The minimum absolute atomic E-state index is 0.543. The molecule has 3 aromatic rings. The molecule has 1 aromatic carbocycles. The molecule has 100 valence electrons. The third-order valence-corrected chi connectivity index (χ3v) is 3.51. The summed E-state index contributed by atoms with van der Waals surface area (Å²) in [6, 6.07) is 9.78. The van der Waals surface area contributed by atoms with Crippen LogP contribution in [-0.4, -0.2) is 25.0 Å². The zero-order chi connectivity index (χ0) is 13.5. The molecule has 3 N–H and O–H groups in total. The molecule has 0 atom stereocenters. The first-order chi connectivity index (χ1) is 9.83. The smallest absolute Gasteiger partial charge is 0.186 e. The highest BCUT2D eigenvalue weighted by atomic mass is 15.3. The van der Waals surface area contributed by atoms with Crippen LogP contribution in [0.4, 0.5) is 5.82 Å². The van der Waals surface area contributed by atoms with Gasteiger partial charge < -0.3 is 5.73 Å². The molecule has 20 heavy (non-hydrogen) atoms. The summed E-state index contributed by atoms with van der Waals surface area (Å²) >= 11 is 0. The second-order valence-corrected chi connectivity index (χ2v) is 5.01. The molecule has 0 radical (unpaired) electrons. The van der Waals surface area contributed by atoms with E-state index in [0.29, 0.717) is 17.6 Å². The first-order valence-corrected chi connectivity index (χ1v) is 6.64. The monoisotopic (exact) mass is 266 g/mol. The minimum atomic E-state index is 0.543. The van der Waals surface area contributed by atoms with Crippen molar-refractivity contribution in [1.82, 2.24) is 25.0 Å². The molecule has 2 aromatic heterocycles. The third kappa shape index (κ3) is 1.77. The molecule has 0 amide bonds. The topological polar surface area (TPSA) is 85.4 Å². The lowest BCUT2D eigenvalue weighted by Crippen LogP contribution is -2.02. The molecule has 1 saturated carbocycles. The molecule has 1 fully saturated rings. The Morgan fingerprint density at radius 1 is 1.20 bits per heavy atom. The number of aromatic amines is 1. The van der Waals surface area contributed by atoms with Crippen LogP contribution in [0.3, 0.4) is 0 Å². The maximum atomic E-state index is 6.17. The van der Waals surface area contributed by atoms with Crippen molar-refractivity contribution in [3.63, 3.8) is 0 Å². The van der Waals surface area contributed by atoms with Crippen LogP contribution in [0.15, 0.2) is 36.5 Å². The van der Waals surface area contributed by atoms with Crippen LogP contribution in [0.5, 0.6) is 0 Å². The lowest BCUT2D eigenvalue weighted by molar-refractivity contribution is 0.891. The van der Waals surface area contributed by atoms with Crippen molar-refractivity contribution < 1.29 is 0 Å². The highest BCUT2D eigenvalue weighted by molar-refractivity contribution is 5.69. The number of benzene rings is 1. The number of aromatic nitrogens is 5. The molecular weight excluding hydrogens is 252 g/mol. The Hall–Kier alpha value is -2.63. The van der Waals surface area contributed by atoms with Crippen LogP contribution < -0.4 is 5.73 Å². The van der Waals surface area contributed by atoms with Gasteiger partial charge in [0.1, 0.15) is 11.6 Å². The average Bonchev–Trinajstić information content (AvgIpc) is 3.09. The molecule has 0 spiro atoms. The van der Waals surface area contributed by atoms with Gasteiger partial charge >= 0.3 is 0 Å². The van der Waals surface area contributed by atoms with Crippen LogP contribution in [0.1, 0.15) is 24.6 Å². The second kappa shape index (κ2) is 4.19. The number of para-hydroxylation sites is 1. The predicted octanol–water partition coefficient (Wildman–Crippen LogP) is 2.12. The summed E-state index contributed by atoms with van der Waals surface area (Å²) in [5.74, 6) is 2.66. The Labute approximate surface area is 115 Å². The summed E-state index contributed by atoms with van der Waals surface area (Å²) in [6.07, 6.45) is 4.09. The lowest BCUT2D eigenvalue weighted by atomic mass is 10.3. The van der Waals surface area contributed by atoms with Gasteiger partial charge in [0.25, 0.3) is 0 Å². The van der Waals surface area contributed by atoms with Crippen molar-refractivity contribution >= 4 is 5.82 Å². The Bertz CT molecular complexity index is 738. The lowest BCUT2D eigenvalue weighted by Gasteiger charge is -2.03. The average molecular weight is 266 g/mol. The van der Waals surface area contributed by atoms with E-state index in [-0.39, 0.29) is 0 Å². The first kappa shape index (κ1) is 11.2. The van der Waals surface area contributed by atoms with E-state index in [9.17, 15) is 0 Å². The summed E-state index contributed by atoms with van der Waals surface area (Å²) < 4.78 is 1.70. The summed E-state index contributed by atoms with van der Waals surface area (Å²) in [6.45, 7) is 0. The number of anilines is 1. The minimum Gasteiger partial charge on any atom is -0.383 e. The van der Waals surface area contributed by atoms with Crippen molar-refractivity contribution in [2.24, 2.45) is 0 Å². The Morgan fingerprint density at radius 3 is 2.75 bits per heavy atom. The van der Waals surface area contributed by atoms with E-state index in [2.05, 4.69) is 20.3 Å². The molecule has 1 aliphatic carbocycles. The largest absolute Gasteiger partial charge is 0.383 e. The summed E-state index contributed by atoms with van der Waals surface area (Å²) in [5, 5.41) is 11.6. The number of nitrogen functional groups attached to an aromatic ring is 1. The van der Waals surface area contributed by atoms with Gasteiger partial charge in [-0.3, -0.25) is 5.10 Å². The fourth-order valence-electron chi connectivity index (χ4n) is 2.24. The SMILES string of the molecule is Nc1c(-c2n[nH]c(C3CC3)n2)cnn1-c1ccccc1. The van der Waals surface area contributed by atoms with E-state index in [0.717, 1.165) is 17.1 Å². The van der Waals surface area contributed by atoms with E-state index in [4.69, 9.17) is 5.73 Å². The van der Waals surface area contributed by atoms with Gasteiger partial charge in [0.05, 0.1) is 17.4 Å². The van der Waals surface area contributed by atoms with Gasteiger partial charge in [0, 0.05) is 5.92 Å². The molecule has 0 saturated heterocycles. The highest BCUT2D eigenvalue weighted by Crippen LogP contribution is 2.38. The maximum Gasteiger partial charge on any atom is 0.186 e. The van der Waals surface area contributed by atoms with Crippen molar-refractivity contribution in [3.05, 3.63) is 42.4 Å². The number of rotatable bonds is 3. The zero-order valence-corrected chi connectivity index (χ0v) is 10.8. The Morgan fingerprint density at radius 2 is 2.00 bits per heavy atom. The summed E-state index contributed by atoms with van der Waals surface area (Å²) in [4.78, 5) is 4.51. The summed E-state index contributed by atoms with van der Waals surface area (Å²) in [5.41, 5.74) is 7.86. The number of nitrogens with zero attached hydrogens (tertiary/aromatic N) is 4. The summed E-state index contributed by atoms with van der Waals surface area (Å²) in [7, 11) is 0. The van der Waals surface area contributed by atoms with E-state index in [1.807, 2.05) is 30.3 Å². The first-order valence-electron chi connectivity index (χ1n) is 6.64. The van der Waals surface area contributed by atoms with Crippen LogP contribution in [0.2, 0.25) is 0 Å². The van der Waals surface area contributed by atoms with Crippen molar-refractivity contribution in [2.75, 3.05) is 5.73 Å². The van der Waals surface area contributed by atoms with Gasteiger partial charge in [-0.2, -0.15) is 10.2 Å². The van der Waals surface area contributed by atoms with E-state index in [1.54, 1.807) is 10.9 Å². The van der Waals surface area contributed by atoms with Crippen LogP contribution in [-0.2, 0) is 0 Å². The van der Waals surface area contributed by atoms with E-state index in [1.165, 1.54) is 12.8 Å². The number of hydrogen-bond acceptors (Lipinski definition) is 4. The van der Waals surface area contributed by atoms with Crippen LogP contribution in [0, 0.1) is 0 Å². The van der Waals surface area contributed by atoms with Gasteiger partial charge in [0.2, 0.25) is 0 Å². The standard InChI is InChI=1S/C14H14N6/c15-12-11(14-17-13(18-19-14)9-6-7-9)8-16-20(12)10-4-2-1-3-5-10/h1-5,8-9H,6-7,15H2,(H,17,18,19). The molecule has 2 heterocycles. The number of nitrogens with one attached hydrogen (secondary N) is 1. The zero-order valence-electron chi connectivity index (χ0n) is 10.8. The van der Waals surface area contributed by atoms with Crippen molar-refractivity contribution in [3.8, 4) is 17.1 Å². The maximum absolute atomic E-state index is 6.17. The van der Waals surface area contributed by atoms with Gasteiger partial charge in [0.15, 0.2) is 5.82 Å². The van der Waals surface area contributed by atoms with Gasteiger partial charge in [-0.25, -0.2) is 9.67 Å². The van der Waals surface area contributed by atoms with Crippen molar-refractivity contribution in [1.29, 1.82) is 0 Å². The third-order valence-electron chi connectivity index (χ3n) is 3.51. The fraction of sp³-hybridized carbons (Fsp3) is 0.214. The van der Waals surface area contributed by atoms with Crippen LogP contribution >= 0.6 is 0 Å². The normalized spacial score (nSPS) is 14.6. The van der Waals surface area contributed by atoms with E-state index < -0.39 is 0 Å². The quantitative estimate of drug-likeness (QED) is 0.760. The number of nitrogens with two attached hydrogens (primary N) is 1. The molecule has 0 aliphatic heterocycles. The fourth-order valence-corrected chi connectivity index (χ4v) is 2.24. The molecule has 0 unspecified atom stereocenters. The van der Waals surface area contributed by atoms with Gasteiger partial charge in [-0.05, 0) is 25.0 Å². The molecule has 1 aliphatic rings. The molecular formula is C14H14N6. The Kier molecular flexibility index (Phi) is 2.35. The van der Waals surface area contributed by atoms with E-state index >= 15 is 0 Å². The predicted molar refractivity (Wildman–Crippen MR) is 75.3 cm³/mol. The molecule has 6 nitrogen and oxygen atoms in total. The van der Waals surface area contributed by atoms with Crippen LogP contribution in [0.25, 0.3) is 17.1 Å². The van der Waals surface area contributed by atoms with Gasteiger partial charge in [-0.15, -0.1) is 0 Å². The van der Waals surface area contributed by atoms with Gasteiger partial charge in [-0.1, -0.05) is 18.2 Å². The number of hydrogen-bond donors (Lipinski definition) is 2. The number of H-pyrrole nitrogens is 1. The molecule has 6 heteroatoms. The van der Waals surface area contributed by atoms with Crippen molar-refractivity contribution in [2.45, 2.75) is 18.8 Å².